The topological polar surface area (TPSA) is 105 Å². The number of halogens is 2. The predicted octanol–water partition coefficient (Wildman–Crippen LogP) is 5.17. The van der Waals surface area contributed by atoms with E-state index in [4.69, 9.17) is 14.6 Å². The molecule has 2 aromatic rings. The maximum absolute atomic E-state index is 12.5. The van der Waals surface area contributed by atoms with Crippen LogP contribution in [0.4, 0.5) is 10.5 Å². The van der Waals surface area contributed by atoms with Crippen LogP contribution in [-0.4, -0.2) is 35.5 Å². The molecule has 7 nitrogen and oxygen atoms in total. The van der Waals surface area contributed by atoms with Crippen LogP contribution in [0.3, 0.4) is 0 Å². The lowest BCUT2D eigenvalue weighted by Crippen LogP contribution is -2.27. The SMILES string of the molecule is CO[C@H](/C=C/C(=O)O)[C@H](OC(=O)Nc1ccc(C)cc1)c1cc(Br)cc(Br)c1O. The van der Waals surface area contributed by atoms with E-state index in [1.54, 1.807) is 24.3 Å². The fourth-order valence-electron chi connectivity index (χ4n) is 2.49. The molecule has 3 N–H and O–H groups in total. The summed E-state index contributed by atoms with van der Waals surface area (Å²) in [5, 5.41) is 22.0. The van der Waals surface area contributed by atoms with Crippen LogP contribution in [0.15, 0.2) is 57.5 Å². The van der Waals surface area contributed by atoms with E-state index in [1.165, 1.54) is 13.2 Å². The van der Waals surface area contributed by atoms with Crippen molar-refractivity contribution in [1.29, 1.82) is 0 Å². The first-order valence-corrected chi connectivity index (χ1v) is 9.96. The number of aliphatic carboxylic acids is 1. The molecule has 0 saturated heterocycles. The molecule has 9 heteroatoms. The largest absolute Gasteiger partial charge is 0.506 e. The molecule has 0 aliphatic carbocycles. The van der Waals surface area contributed by atoms with Gasteiger partial charge in [-0.3, -0.25) is 5.32 Å². The molecule has 29 heavy (non-hydrogen) atoms. The third kappa shape index (κ3) is 6.59. The summed E-state index contributed by atoms with van der Waals surface area (Å²) in [5.41, 5.74) is 1.78. The number of hydrogen-bond donors (Lipinski definition) is 3. The van der Waals surface area contributed by atoms with E-state index in [0.717, 1.165) is 11.6 Å². The van der Waals surface area contributed by atoms with E-state index in [9.17, 15) is 14.7 Å². The number of benzene rings is 2. The second kappa shape index (κ2) is 10.4. The van der Waals surface area contributed by atoms with E-state index < -0.39 is 24.3 Å². The fraction of sp³-hybridized carbons (Fsp3) is 0.200. The van der Waals surface area contributed by atoms with Gasteiger partial charge in [-0.15, -0.1) is 0 Å². The van der Waals surface area contributed by atoms with E-state index in [1.807, 2.05) is 19.1 Å². The van der Waals surface area contributed by atoms with Gasteiger partial charge in [0.05, 0.1) is 4.47 Å². The summed E-state index contributed by atoms with van der Waals surface area (Å²) in [6, 6.07) is 10.3. The summed E-state index contributed by atoms with van der Waals surface area (Å²) in [7, 11) is 1.34. The van der Waals surface area contributed by atoms with E-state index in [0.29, 0.717) is 14.6 Å². The number of nitrogens with one attached hydrogen (secondary N) is 1. The number of rotatable bonds is 7. The van der Waals surface area contributed by atoms with Crippen LogP contribution in [-0.2, 0) is 14.3 Å². The van der Waals surface area contributed by atoms with Crippen molar-refractivity contribution in [2.45, 2.75) is 19.1 Å². The molecule has 0 fully saturated rings. The van der Waals surface area contributed by atoms with Crippen LogP contribution in [0.25, 0.3) is 0 Å². The molecule has 0 bridgehead atoms. The maximum Gasteiger partial charge on any atom is 0.412 e. The van der Waals surface area contributed by atoms with Crippen LogP contribution in [0, 0.1) is 6.92 Å². The summed E-state index contributed by atoms with van der Waals surface area (Å²) in [4.78, 5) is 23.4. The quantitative estimate of drug-likeness (QED) is 0.428. The van der Waals surface area contributed by atoms with Crippen molar-refractivity contribution in [3.63, 3.8) is 0 Å². The van der Waals surface area contributed by atoms with Gasteiger partial charge in [-0.25, -0.2) is 9.59 Å². The molecule has 0 aliphatic rings. The van der Waals surface area contributed by atoms with Gasteiger partial charge in [0.15, 0.2) is 6.10 Å². The van der Waals surface area contributed by atoms with Gasteiger partial charge in [0.1, 0.15) is 11.9 Å². The van der Waals surface area contributed by atoms with Gasteiger partial charge >= 0.3 is 12.1 Å². The van der Waals surface area contributed by atoms with Crippen LogP contribution in [0.5, 0.6) is 5.75 Å². The molecule has 154 valence electrons. The van der Waals surface area contributed by atoms with Crippen LogP contribution in [0.2, 0.25) is 0 Å². The Hall–Kier alpha value is -2.36. The second-order valence-electron chi connectivity index (χ2n) is 6.04. The molecule has 0 aromatic heterocycles. The van der Waals surface area contributed by atoms with E-state index in [-0.39, 0.29) is 11.3 Å². The summed E-state index contributed by atoms with van der Waals surface area (Å²) in [6.45, 7) is 1.92. The van der Waals surface area contributed by atoms with Crippen molar-refractivity contribution in [2.24, 2.45) is 0 Å². The number of aromatic hydroxyl groups is 1. The zero-order valence-corrected chi connectivity index (χ0v) is 18.7. The van der Waals surface area contributed by atoms with Crippen molar-refractivity contribution in [3.8, 4) is 5.75 Å². The predicted molar refractivity (Wildman–Crippen MR) is 115 cm³/mol. The van der Waals surface area contributed by atoms with Crippen molar-refractivity contribution in [2.75, 3.05) is 12.4 Å². The number of aryl methyl sites for hydroxylation is 1. The Morgan fingerprint density at radius 1 is 1.17 bits per heavy atom. The van der Waals surface area contributed by atoms with Crippen LogP contribution >= 0.6 is 31.9 Å². The molecular weight excluding hydrogens is 510 g/mol. The lowest BCUT2D eigenvalue weighted by atomic mass is 10.0. The van der Waals surface area contributed by atoms with Gasteiger partial charge in [0, 0.05) is 28.9 Å². The average molecular weight is 529 g/mol. The zero-order valence-electron chi connectivity index (χ0n) is 15.6. The number of phenolic OH excluding ortho intramolecular Hbond substituents is 1. The highest BCUT2D eigenvalue weighted by atomic mass is 79.9. The number of carbonyl (C=O) groups excluding carboxylic acids is 1. The molecule has 2 atom stereocenters. The number of carboxylic acid groups (broad SMARTS) is 1. The Morgan fingerprint density at radius 2 is 1.83 bits per heavy atom. The molecule has 2 aromatic carbocycles. The molecule has 0 unspecified atom stereocenters. The number of carbonyl (C=O) groups is 2. The lowest BCUT2D eigenvalue weighted by Gasteiger charge is -2.25. The molecule has 1 amide bonds. The van der Waals surface area contributed by atoms with Gasteiger partial charge in [0.25, 0.3) is 0 Å². The first-order chi connectivity index (χ1) is 13.7. The smallest absolute Gasteiger partial charge is 0.412 e. The normalized spacial score (nSPS) is 13.1. The second-order valence-corrected chi connectivity index (χ2v) is 7.81. The van der Waals surface area contributed by atoms with E-state index >= 15 is 0 Å². The summed E-state index contributed by atoms with van der Waals surface area (Å²) in [6.07, 6.45) is -0.774. The molecule has 0 spiro atoms. The van der Waals surface area contributed by atoms with Crippen LogP contribution in [0.1, 0.15) is 17.2 Å². The fourth-order valence-corrected chi connectivity index (χ4v) is 3.75. The average Bonchev–Trinajstić information content (AvgIpc) is 2.66. The van der Waals surface area contributed by atoms with E-state index in [2.05, 4.69) is 37.2 Å². The number of methoxy groups -OCH3 is 1. The standard InChI is InChI=1S/C20H19Br2NO6/c1-11-3-5-13(6-4-11)23-20(27)29-19(16(28-2)7-8-17(24)25)14-9-12(21)10-15(22)18(14)26/h3-10,16,19,26H,1-2H3,(H,23,27)(H,24,25)/b8-7+/t16-,19-/m1/s1. The van der Waals surface area contributed by atoms with Crippen molar-refractivity contribution in [3.05, 3.63) is 68.6 Å². The molecule has 0 saturated carbocycles. The first kappa shape index (κ1) is 22.9. The third-order valence-corrected chi connectivity index (χ3v) is 4.96. The lowest BCUT2D eigenvalue weighted by molar-refractivity contribution is -0.131. The van der Waals surface area contributed by atoms with Gasteiger partial charge in [-0.2, -0.15) is 0 Å². The van der Waals surface area contributed by atoms with Gasteiger partial charge in [-0.05, 0) is 53.2 Å². The Labute approximate surface area is 184 Å². The molecule has 0 aliphatic heterocycles. The number of hydrogen-bond acceptors (Lipinski definition) is 5. The minimum atomic E-state index is -1.19. The minimum absolute atomic E-state index is 0.160. The Morgan fingerprint density at radius 3 is 2.41 bits per heavy atom. The Bertz CT molecular complexity index is 914. The summed E-state index contributed by atoms with van der Waals surface area (Å²) in [5.74, 6) is -1.35. The Kier molecular flexibility index (Phi) is 8.24. The monoisotopic (exact) mass is 527 g/mol. The number of anilines is 1. The highest BCUT2D eigenvalue weighted by molar-refractivity contribution is 9.11. The first-order valence-electron chi connectivity index (χ1n) is 8.37. The molecule has 2 rings (SSSR count). The summed E-state index contributed by atoms with van der Waals surface area (Å²) >= 11 is 6.56. The maximum atomic E-state index is 12.5. The van der Waals surface area contributed by atoms with Gasteiger partial charge in [-0.1, -0.05) is 33.6 Å². The third-order valence-electron chi connectivity index (χ3n) is 3.90. The number of phenols is 1. The van der Waals surface area contributed by atoms with Gasteiger partial charge < -0.3 is 19.7 Å². The molecule has 0 heterocycles. The minimum Gasteiger partial charge on any atom is -0.506 e. The number of ether oxygens (including phenoxy) is 2. The van der Waals surface area contributed by atoms with Crippen molar-refractivity contribution < 1.29 is 29.3 Å². The van der Waals surface area contributed by atoms with Crippen molar-refractivity contribution >= 4 is 49.6 Å². The number of amides is 1. The molecule has 0 radical (unpaired) electrons. The molecular formula is C20H19Br2NO6. The van der Waals surface area contributed by atoms with Gasteiger partial charge in [0.2, 0.25) is 0 Å². The zero-order chi connectivity index (χ0) is 21.6. The van der Waals surface area contributed by atoms with Crippen LogP contribution < -0.4 is 5.32 Å². The summed E-state index contributed by atoms with van der Waals surface area (Å²) < 4.78 is 11.8. The highest BCUT2D eigenvalue weighted by Crippen LogP contribution is 2.39. The van der Waals surface area contributed by atoms with Crippen molar-refractivity contribution in [1.82, 2.24) is 0 Å². The Balaban J connectivity index is 2.37. The number of carboxylic acids is 1. The highest BCUT2D eigenvalue weighted by Gasteiger charge is 2.29.